The minimum atomic E-state index is 0.388. The zero-order valence-corrected chi connectivity index (χ0v) is 9.28. The van der Waals surface area contributed by atoms with Crippen molar-refractivity contribution in [3.05, 3.63) is 0 Å². The van der Waals surface area contributed by atoms with Crippen LogP contribution in [0.1, 0.15) is 39.0 Å². The summed E-state index contributed by atoms with van der Waals surface area (Å²) >= 11 is 0. The number of rotatable bonds is 2. The molecule has 1 aliphatic heterocycles. The summed E-state index contributed by atoms with van der Waals surface area (Å²) < 4.78 is 0. The molecule has 1 heterocycles. The first kappa shape index (κ1) is 10.4. The molecule has 0 amide bonds. The molecule has 14 heavy (non-hydrogen) atoms. The molecule has 1 saturated heterocycles. The van der Waals surface area contributed by atoms with Crippen molar-refractivity contribution >= 4 is 0 Å². The van der Waals surface area contributed by atoms with E-state index in [1.54, 1.807) is 0 Å². The van der Waals surface area contributed by atoms with Crippen LogP contribution in [0.2, 0.25) is 0 Å². The first-order chi connectivity index (χ1) is 6.79. The number of nitrogens with zero attached hydrogens (tertiary/aromatic N) is 1. The van der Waals surface area contributed by atoms with Crippen LogP contribution in [0, 0.1) is 11.8 Å². The highest BCUT2D eigenvalue weighted by molar-refractivity contribution is 4.84. The van der Waals surface area contributed by atoms with Crippen molar-refractivity contribution in [1.29, 1.82) is 0 Å². The van der Waals surface area contributed by atoms with Gasteiger partial charge in [0, 0.05) is 19.2 Å². The molecule has 0 spiro atoms. The summed E-state index contributed by atoms with van der Waals surface area (Å²) in [5.74, 6) is 1.48. The molecule has 0 aromatic heterocycles. The third-order valence-corrected chi connectivity index (χ3v) is 3.99. The Morgan fingerprint density at radius 2 is 2.14 bits per heavy atom. The van der Waals surface area contributed by atoms with Gasteiger partial charge in [-0.2, -0.15) is 0 Å². The molecule has 2 aliphatic rings. The Labute approximate surface area is 87.3 Å². The number of likely N-dealkylation sites (tertiary alicyclic amines) is 1. The maximum Gasteiger partial charge on any atom is 0.0471 e. The predicted octanol–water partition coefficient (Wildman–Crippen LogP) is 1.88. The normalized spacial score (nSPS) is 40.3. The Morgan fingerprint density at radius 1 is 1.29 bits per heavy atom. The van der Waals surface area contributed by atoms with Gasteiger partial charge in [-0.1, -0.05) is 6.92 Å². The van der Waals surface area contributed by atoms with E-state index in [0.29, 0.717) is 12.5 Å². The lowest BCUT2D eigenvalue weighted by atomic mass is 9.97. The predicted molar refractivity (Wildman–Crippen MR) is 58.2 cm³/mol. The van der Waals surface area contributed by atoms with Crippen molar-refractivity contribution in [1.82, 2.24) is 4.90 Å². The number of piperidine rings is 1. The summed E-state index contributed by atoms with van der Waals surface area (Å²) in [5, 5.41) is 9.18. The standard InChI is InChI=1S/C12H23NO/c1-10-4-5-12(7-10)13-6-2-3-11(8-13)9-14/h10-12,14H,2-9H2,1H3/t10-,11-,12-/m0/s1. The minimum Gasteiger partial charge on any atom is -0.396 e. The van der Waals surface area contributed by atoms with Crippen LogP contribution in [0.25, 0.3) is 0 Å². The van der Waals surface area contributed by atoms with Crippen LogP contribution >= 0.6 is 0 Å². The average molecular weight is 197 g/mol. The van der Waals surface area contributed by atoms with Crippen molar-refractivity contribution in [3.8, 4) is 0 Å². The lowest BCUT2D eigenvalue weighted by molar-refractivity contribution is 0.0885. The van der Waals surface area contributed by atoms with E-state index in [4.69, 9.17) is 0 Å². The Kier molecular flexibility index (Phi) is 3.45. The van der Waals surface area contributed by atoms with Crippen molar-refractivity contribution < 1.29 is 5.11 Å². The van der Waals surface area contributed by atoms with Crippen LogP contribution in [0.3, 0.4) is 0 Å². The lowest BCUT2D eigenvalue weighted by Gasteiger charge is -2.36. The molecule has 82 valence electrons. The van der Waals surface area contributed by atoms with Gasteiger partial charge in [0.1, 0.15) is 0 Å². The highest BCUT2D eigenvalue weighted by atomic mass is 16.3. The first-order valence-electron chi connectivity index (χ1n) is 6.14. The smallest absolute Gasteiger partial charge is 0.0471 e. The van der Waals surface area contributed by atoms with E-state index in [1.165, 1.54) is 38.6 Å². The molecular weight excluding hydrogens is 174 g/mol. The second kappa shape index (κ2) is 4.63. The highest BCUT2D eigenvalue weighted by Gasteiger charge is 2.30. The zero-order valence-electron chi connectivity index (χ0n) is 9.28. The topological polar surface area (TPSA) is 23.5 Å². The monoisotopic (exact) mass is 197 g/mol. The molecule has 2 fully saturated rings. The van der Waals surface area contributed by atoms with Gasteiger partial charge in [-0.3, -0.25) is 0 Å². The summed E-state index contributed by atoms with van der Waals surface area (Å²) in [6.07, 6.45) is 6.70. The van der Waals surface area contributed by atoms with Crippen molar-refractivity contribution in [2.75, 3.05) is 19.7 Å². The van der Waals surface area contributed by atoms with Crippen molar-refractivity contribution in [2.24, 2.45) is 11.8 Å². The largest absolute Gasteiger partial charge is 0.396 e. The molecule has 1 saturated carbocycles. The second-order valence-corrected chi connectivity index (χ2v) is 5.26. The van der Waals surface area contributed by atoms with Gasteiger partial charge in [-0.25, -0.2) is 0 Å². The molecule has 0 unspecified atom stereocenters. The van der Waals surface area contributed by atoms with Crippen LogP contribution in [0.15, 0.2) is 0 Å². The Morgan fingerprint density at radius 3 is 2.79 bits per heavy atom. The Bertz CT molecular complexity index is 183. The third-order valence-electron chi connectivity index (χ3n) is 3.99. The van der Waals surface area contributed by atoms with Crippen LogP contribution in [-0.2, 0) is 0 Å². The van der Waals surface area contributed by atoms with Crippen molar-refractivity contribution in [3.63, 3.8) is 0 Å². The van der Waals surface area contributed by atoms with Crippen molar-refractivity contribution in [2.45, 2.75) is 45.1 Å². The van der Waals surface area contributed by atoms with Gasteiger partial charge in [0.05, 0.1) is 0 Å². The minimum absolute atomic E-state index is 0.388. The molecule has 1 aliphatic carbocycles. The second-order valence-electron chi connectivity index (χ2n) is 5.26. The summed E-state index contributed by atoms with van der Waals surface area (Å²) in [7, 11) is 0. The van der Waals surface area contributed by atoms with E-state index in [2.05, 4.69) is 11.8 Å². The molecular formula is C12H23NO. The molecule has 2 rings (SSSR count). The van der Waals surface area contributed by atoms with Gasteiger partial charge in [-0.15, -0.1) is 0 Å². The summed E-state index contributed by atoms with van der Waals surface area (Å²) in [4.78, 5) is 2.63. The number of aliphatic hydroxyl groups is 1. The number of hydrogen-bond donors (Lipinski definition) is 1. The van der Waals surface area contributed by atoms with Gasteiger partial charge in [0.2, 0.25) is 0 Å². The Hall–Kier alpha value is -0.0800. The maximum absolute atomic E-state index is 9.18. The molecule has 0 aromatic rings. The van der Waals surface area contributed by atoms with E-state index in [0.717, 1.165) is 18.5 Å². The quantitative estimate of drug-likeness (QED) is 0.730. The molecule has 0 bridgehead atoms. The number of hydrogen-bond acceptors (Lipinski definition) is 2. The zero-order chi connectivity index (χ0) is 9.97. The van der Waals surface area contributed by atoms with Crippen LogP contribution in [0.4, 0.5) is 0 Å². The fourth-order valence-electron chi connectivity index (χ4n) is 3.09. The molecule has 0 aromatic carbocycles. The Balaban J connectivity index is 1.84. The maximum atomic E-state index is 9.18. The van der Waals surface area contributed by atoms with Gasteiger partial charge < -0.3 is 10.0 Å². The molecule has 2 nitrogen and oxygen atoms in total. The van der Waals surface area contributed by atoms with Gasteiger partial charge in [-0.05, 0) is 50.5 Å². The van der Waals surface area contributed by atoms with Crippen LogP contribution < -0.4 is 0 Å². The number of aliphatic hydroxyl groups excluding tert-OH is 1. The summed E-state index contributed by atoms with van der Waals surface area (Å²) in [5.41, 5.74) is 0. The van der Waals surface area contributed by atoms with Gasteiger partial charge in [0.25, 0.3) is 0 Å². The molecule has 0 radical (unpaired) electrons. The van der Waals surface area contributed by atoms with Gasteiger partial charge >= 0.3 is 0 Å². The van der Waals surface area contributed by atoms with Crippen LogP contribution in [0.5, 0.6) is 0 Å². The van der Waals surface area contributed by atoms with E-state index >= 15 is 0 Å². The van der Waals surface area contributed by atoms with E-state index < -0.39 is 0 Å². The third kappa shape index (κ3) is 2.29. The SMILES string of the molecule is C[C@H]1CC[C@H](N2CCC[C@H](CO)C2)C1. The van der Waals surface area contributed by atoms with Gasteiger partial charge in [0.15, 0.2) is 0 Å². The highest BCUT2D eigenvalue weighted by Crippen LogP contribution is 2.31. The molecule has 1 N–H and O–H groups in total. The molecule has 2 heteroatoms. The first-order valence-corrected chi connectivity index (χ1v) is 6.14. The van der Waals surface area contributed by atoms with E-state index in [1.807, 2.05) is 0 Å². The average Bonchev–Trinajstić information content (AvgIpc) is 2.65. The summed E-state index contributed by atoms with van der Waals surface area (Å²) in [6.45, 7) is 5.17. The summed E-state index contributed by atoms with van der Waals surface area (Å²) in [6, 6.07) is 0.833. The van der Waals surface area contributed by atoms with E-state index in [9.17, 15) is 5.11 Å². The lowest BCUT2D eigenvalue weighted by Crippen LogP contribution is -2.42. The fourth-order valence-corrected chi connectivity index (χ4v) is 3.09. The fraction of sp³-hybridized carbons (Fsp3) is 1.00. The van der Waals surface area contributed by atoms with E-state index in [-0.39, 0.29) is 0 Å². The molecule has 3 atom stereocenters. The van der Waals surface area contributed by atoms with Crippen LogP contribution in [-0.4, -0.2) is 35.7 Å².